The van der Waals surface area contributed by atoms with Crippen LogP contribution in [-0.4, -0.2) is 27.4 Å². The highest BCUT2D eigenvalue weighted by Crippen LogP contribution is 2.19. The van der Waals surface area contributed by atoms with Crippen molar-refractivity contribution >= 4 is 51.0 Å². The van der Waals surface area contributed by atoms with Crippen molar-refractivity contribution in [3.05, 3.63) is 74.6 Å². The van der Waals surface area contributed by atoms with Crippen molar-refractivity contribution in [2.45, 2.75) is 13.5 Å². The van der Waals surface area contributed by atoms with Gasteiger partial charge in [-0.05, 0) is 54.6 Å². The Bertz CT molecular complexity index is 1110. The minimum atomic E-state index is -0.454. The minimum Gasteiger partial charge on any atom is -0.316 e. The van der Waals surface area contributed by atoms with Gasteiger partial charge in [-0.1, -0.05) is 17.4 Å². The lowest BCUT2D eigenvalue weighted by Gasteiger charge is -2.03. The second kappa shape index (κ2) is 8.99. The first-order valence-electron chi connectivity index (χ1n) is 8.58. The molecule has 1 aromatic heterocycles. The summed E-state index contributed by atoms with van der Waals surface area (Å²) < 4.78 is 3.18. The second-order valence-electron chi connectivity index (χ2n) is 6.13. The van der Waals surface area contributed by atoms with E-state index in [-0.39, 0.29) is 11.6 Å². The average Bonchev–Trinajstić information content (AvgIpc) is 3.00. The van der Waals surface area contributed by atoms with E-state index in [0.29, 0.717) is 10.4 Å². The van der Waals surface area contributed by atoms with Crippen molar-refractivity contribution in [1.29, 1.82) is 0 Å². The van der Waals surface area contributed by atoms with Gasteiger partial charge in [0.1, 0.15) is 0 Å². The number of thioether (sulfide) groups is 1. The number of hydrogen-bond donors (Lipinski definition) is 0. The monoisotopic (exact) mass is 413 g/mol. The Morgan fingerprint density at radius 3 is 2.71 bits per heavy atom. The molecular formula is C20H19N3O3S2. The Morgan fingerprint density at radius 2 is 2.04 bits per heavy atom. The van der Waals surface area contributed by atoms with Crippen LogP contribution in [0.25, 0.3) is 16.3 Å². The van der Waals surface area contributed by atoms with Crippen LogP contribution in [-0.2, 0) is 11.3 Å². The number of nitro groups is 1. The van der Waals surface area contributed by atoms with Gasteiger partial charge in [-0.2, -0.15) is 16.8 Å². The number of rotatable bonds is 6. The molecule has 28 heavy (non-hydrogen) atoms. The van der Waals surface area contributed by atoms with Gasteiger partial charge in [-0.3, -0.25) is 14.9 Å². The van der Waals surface area contributed by atoms with E-state index in [2.05, 4.69) is 27.8 Å². The molecule has 3 rings (SSSR count). The summed E-state index contributed by atoms with van der Waals surface area (Å²) in [6.07, 6.45) is 5.04. The van der Waals surface area contributed by atoms with Crippen LogP contribution in [0.15, 0.2) is 53.5 Å². The first-order chi connectivity index (χ1) is 13.5. The largest absolute Gasteiger partial charge is 0.316 e. The lowest BCUT2D eigenvalue weighted by Crippen LogP contribution is -2.17. The predicted octanol–water partition coefficient (Wildman–Crippen LogP) is 4.42. The molecule has 0 aliphatic rings. The fraction of sp³-hybridized carbons (Fsp3) is 0.200. The summed E-state index contributed by atoms with van der Waals surface area (Å²) in [7, 11) is 0. The van der Waals surface area contributed by atoms with E-state index < -0.39 is 4.92 Å². The normalized spacial score (nSPS) is 12.1. The van der Waals surface area contributed by atoms with Crippen LogP contribution in [0.5, 0.6) is 0 Å². The maximum atomic E-state index is 12.4. The number of amides is 1. The number of benzene rings is 2. The van der Waals surface area contributed by atoms with Crippen molar-refractivity contribution in [1.82, 2.24) is 4.57 Å². The Morgan fingerprint density at radius 1 is 1.29 bits per heavy atom. The van der Waals surface area contributed by atoms with Crippen molar-refractivity contribution in [3.8, 4) is 0 Å². The number of fused-ring (bicyclic) bond motifs is 1. The van der Waals surface area contributed by atoms with Crippen molar-refractivity contribution in [2.75, 3.05) is 12.0 Å². The van der Waals surface area contributed by atoms with E-state index in [1.54, 1.807) is 30.0 Å². The summed E-state index contributed by atoms with van der Waals surface area (Å²) in [6.45, 7) is 2.82. The molecule has 0 atom stereocenters. The summed E-state index contributed by atoms with van der Waals surface area (Å²) in [5.74, 6) is 0.569. The lowest BCUT2D eigenvalue weighted by atomic mass is 10.2. The van der Waals surface area contributed by atoms with Gasteiger partial charge in [-0.15, -0.1) is 0 Å². The highest BCUT2D eigenvalue weighted by molar-refractivity contribution is 7.98. The molecule has 144 valence electrons. The van der Waals surface area contributed by atoms with Crippen LogP contribution < -0.4 is 4.80 Å². The molecule has 0 radical (unpaired) electrons. The number of non-ortho nitro benzene ring substituents is 1. The summed E-state index contributed by atoms with van der Waals surface area (Å²) in [5.41, 5.74) is 2.97. The molecule has 0 spiro atoms. The topological polar surface area (TPSA) is 77.5 Å². The minimum absolute atomic E-state index is 0.0172. The van der Waals surface area contributed by atoms with Gasteiger partial charge in [0.05, 0.1) is 15.1 Å². The molecule has 1 heterocycles. The van der Waals surface area contributed by atoms with E-state index in [0.717, 1.165) is 22.5 Å². The molecule has 8 heteroatoms. The van der Waals surface area contributed by atoms with Gasteiger partial charge in [0.2, 0.25) is 0 Å². The van der Waals surface area contributed by atoms with E-state index in [4.69, 9.17) is 0 Å². The molecule has 0 unspecified atom stereocenters. The van der Waals surface area contributed by atoms with Crippen LogP contribution in [0.4, 0.5) is 5.69 Å². The average molecular weight is 414 g/mol. The third-order valence-electron chi connectivity index (χ3n) is 4.09. The molecule has 6 nitrogen and oxygen atoms in total. The molecular weight excluding hydrogens is 394 g/mol. The Hall–Kier alpha value is -2.71. The van der Waals surface area contributed by atoms with Gasteiger partial charge in [0, 0.05) is 30.5 Å². The molecule has 0 N–H and O–H groups in total. The predicted molar refractivity (Wildman–Crippen MR) is 116 cm³/mol. The fourth-order valence-corrected chi connectivity index (χ4v) is 4.20. The summed E-state index contributed by atoms with van der Waals surface area (Å²) in [5, 5.41) is 10.7. The molecule has 2 aromatic carbocycles. The Kier molecular flexibility index (Phi) is 6.43. The molecule has 0 saturated heterocycles. The number of thiazole rings is 1. The zero-order chi connectivity index (χ0) is 20.1. The Balaban J connectivity index is 1.89. The number of carbonyl (C=O) groups excluding carboxylic acids is 1. The van der Waals surface area contributed by atoms with Crippen molar-refractivity contribution < 1.29 is 9.72 Å². The van der Waals surface area contributed by atoms with Gasteiger partial charge < -0.3 is 4.57 Å². The van der Waals surface area contributed by atoms with Crippen LogP contribution >= 0.6 is 23.1 Å². The summed E-state index contributed by atoms with van der Waals surface area (Å²) in [4.78, 5) is 27.6. The van der Waals surface area contributed by atoms with Gasteiger partial charge >= 0.3 is 0 Å². The van der Waals surface area contributed by atoms with Gasteiger partial charge in [0.25, 0.3) is 11.6 Å². The molecule has 0 saturated carbocycles. The van der Waals surface area contributed by atoms with Gasteiger partial charge in [0.15, 0.2) is 4.80 Å². The quantitative estimate of drug-likeness (QED) is 0.340. The maximum Gasteiger partial charge on any atom is 0.272 e. The number of nitrogens with zero attached hydrogens (tertiary/aromatic N) is 3. The zero-order valence-electron chi connectivity index (χ0n) is 15.5. The van der Waals surface area contributed by atoms with E-state index in [1.165, 1.54) is 35.1 Å². The van der Waals surface area contributed by atoms with E-state index in [9.17, 15) is 14.9 Å². The summed E-state index contributed by atoms with van der Waals surface area (Å²) in [6, 6.07) is 12.2. The molecule has 1 amide bonds. The zero-order valence-corrected chi connectivity index (χ0v) is 17.1. The third kappa shape index (κ3) is 4.76. The van der Waals surface area contributed by atoms with Crippen LogP contribution in [0, 0.1) is 17.0 Å². The van der Waals surface area contributed by atoms with Crippen molar-refractivity contribution in [2.24, 2.45) is 4.99 Å². The Labute approximate surface area is 170 Å². The molecule has 3 aromatic rings. The number of hydrogen-bond acceptors (Lipinski definition) is 5. The number of aromatic nitrogens is 1. The number of carbonyl (C=O) groups is 1. The summed E-state index contributed by atoms with van der Waals surface area (Å²) >= 11 is 3.25. The van der Waals surface area contributed by atoms with Crippen molar-refractivity contribution in [3.63, 3.8) is 0 Å². The van der Waals surface area contributed by atoms with E-state index in [1.807, 2.05) is 13.2 Å². The van der Waals surface area contributed by atoms with Gasteiger partial charge in [-0.25, -0.2) is 0 Å². The lowest BCUT2D eigenvalue weighted by molar-refractivity contribution is -0.384. The highest BCUT2D eigenvalue weighted by Gasteiger charge is 2.07. The SMILES string of the molecule is CSCCn1c(=NC(=O)C=Cc2ccc([N+](=O)[O-])cc2)sc2cc(C)ccc21. The first-order valence-corrected chi connectivity index (χ1v) is 10.8. The molecule has 0 fully saturated rings. The molecule has 0 aliphatic heterocycles. The number of aryl methyl sites for hydroxylation is 2. The molecule has 0 bridgehead atoms. The highest BCUT2D eigenvalue weighted by atomic mass is 32.2. The second-order valence-corrected chi connectivity index (χ2v) is 8.13. The van der Waals surface area contributed by atoms with Crippen LogP contribution in [0.3, 0.4) is 0 Å². The van der Waals surface area contributed by atoms with E-state index >= 15 is 0 Å². The smallest absolute Gasteiger partial charge is 0.272 e. The standard InChI is InChI=1S/C20H19N3O3S2/c1-14-3-9-17-18(13-14)28-20(22(17)11-12-27-2)21-19(24)10-6-15-4-7-16(8-5-15)23(25)26/h3-10,13H,11-12H2,1-2H3. The third-order valence-corrected chi connectivity index (χ3v) is 5.72. The first kappa shape index (κ1) is 20.0. The number of nitro benzene ring substituents is 1. The molecule has 0 aliphatic carbocycles. The maximum absolute atomic E-state index is 12.4. The van der Waals surface area contributed by atoms with Crippen LogP contribution in [0.2, 0.25) is 0 Å². The van der Waals surface area contributed by atoms with Crippen LogP contribution in [0.1, 0.15) is 11.1 Å². The fourth-order valence-electron chi connectivity index (χ4n) is 2.67.